The minimum absolute atomic E-state index is 0.220. The molecule has 0 aromatic carbocycles. The first-order valence-corrected chi connectivity index (χ1v) is 6.33. The Hall–Kier alpha value is -1.46. The number of rotatable bonds is 5. The van der Waals surface area contributed by atoms with Crippen LogP contribution in [0.1, 0.15) is 50.4 Å². The second-order valence-electron chi connectivity index (χ2n) is 5.23. The van der Waals surface area contributed by atoms with Gasteiger partial charge in [0.25, 0.3) is 0 Å². The molecule has 1 aromatic heterocycles. The second-order valence-corrected chi connectivity index (χ2v) is 5.23. The SMILES string of the molecule is CC(N)CCCC(C)(C)O.O=C(O)c1cccnc1. The molecule has 108 valence electrons. The molecule has 5 nitrogen and oxygen atoms in total. The van der Waals surface area contributed by atoms with Crippen molar-refractivity contribution in [2.45, 2.75) is 51.7 Å². The zero-order valence-corrected chi connectivity index (χ0v) is 11.8. The number of aromatic carboxylic acids is 1. The summed E-state index contributed by atoms with van der Waals surface area (Å²) in [5.41, 5.74) is 5.24. The fraction of sp³-hybridized carbons (Fsp3) is 0.571. The van der Waals surface area contributed by atoms with Crippen LogP contribution in [0.15, 0.2) is 24.5 Å². The van der Waals surface area contributed by atoms with E-state index < -0.39 is 11.6 Å². The largest absolute Gasteiger partial charge is 0.478 e. The van der Waals surface area contributed by atoms with Gasteiger partial charge in [0.15, 0.2) is 0 Å². The number of carbonyl (C=O) groups is 1. The van der Waals surface area contributed by atoms with Crippen molar-refractivity contribution in [3.05, 3.63) is 30.1 Å². The summed E-state index contributed by atoms with van der Waals surface area (Å²) in [5.74, 6) is -0.942. The molecular weight excluding hydrogens is 244 g/mol. The van der Waals surface area contributed by atoms with Gasteiger partial charge in [-0.2, -0.15) is 0 Å². The third kappa shape index (κ3) is 11.4. The lowest BCUT2D eigenvalue weighted by Gasteiger charge is -2.16. The van der Waals surface area contributed by atoms with E-state index in [1.807, 2.05) is 20.8 Å². The highest BCUT2D eigenvalue weighted by atomic mass is 16.4. The van der Waals surface area contributed by atoms with E-state index in [0.29, 0.717) is 0 Å². The lowest BCUT2D eigenvalue weighted by atomic mass is 10.0. The van der Waals surface area contributed by atoms with Crippen molar-refractivity contribution in [3.8, 4) is 0 Å². The normalized spacial score (nSPS) is 12.3. The van der Waals surface area contributed by atoms with E-state index in [1.165, 1.54) is 18.5 Å². The zero-order valence-electron chi connectivity index (χ0n) is 11.8. The van der Waals surface area contributed by atoms with Crippen LogP contribution in [-0.2, 0) is 0 Å². The zero-order chi connectivity index (χ0) is 14.9. The van der Waals surface area contributed by atoms with Crippen LogP contribution in [0.2, 0.25) is 0 Å². The molecule has 0 saturated carbocycles. The number of carboxylic acids is 1. The van der Waals surface area contributed by atoms with Crippen LogP contribution in [0.3, 0.4) is 0 Å². The highest BCUT2D eigenvalue weighted by molar-refractivity contribution is 5.86. The molecular formula is C14H24N2O3. The van der Waals surface area contributed by atoms with E-state index in [4.69, 9.17) is 10.8 Å². The summed E-state index contributed by atoms with van der Waals surface area (Å²) in [7, 11) is 0. The molecule has 1 heterocycles. The van der Waals surface area contributed by atoms with Crippen molar-refractivity contribution < 1.29 is 15.0 Å². The van der Waals surface area contributed by atoms with E-state index in [0.717, 1.165) is 19.3 Å². The lowest BCUT2D eigenvalue weighted by molar-refractivity contribution is 0.0675. The molecule has 4 N–H and O–H groups in total. The number of nitrogens with zero attached hydrogens (tertiary/aromatic N) is 1. The second kappa shape index (κ2) is 8.61. The molecule has 1 aromatic rings. The van der Waals surface area contributed by atoms with E-state index in [9.17, 15) is 9.90 Å². The van der Waals surface area contributed by atoms with Crippen molar-refractivity contribution in [2.75, 3.05) is 0 Å². The van der Waals surface area contributed by atoms with Gasteiger partial charge in [0.2, 0.25) is 0 Å². The Morgan fingerprint density at radius 3 is 2.47 bits per heavy atom. The fourth-order valence-electron chi connectivity index (χ4n) is 1.35. The highest BCUT2D eigenvalue weighted by Crippen LogP contribution is 2.12. The lowest BCUT2D eigenvalue weighted by Crippen LogP contribution is -2.20. The Bertz CT molecular complexity index is 359. The molecule has 0 saturated heterocycles. The summed E-state index contributed by atoms with van der Waals surface area (Å²) in [5, 5.41) is 17.6. The predicted molar refractivity (Wildman–Crippen MR) is 75.0 cm³/mol. The number of hydrogen-bond donors (Lipinski definition) is 3. The molecule has 0 aliphatic rings. The van der Waals surface area contributed by atoms with Crippen molar-refractivity contribution in [1.29, 1.82) is 0 Å². The Kier molecular flexibility index (Phi) is 7.95. The summed E-state index contributed by atoms with van der Waals surface area (Å²) >= 11 is 0. The van der Waals surface area contributed by atoms with Crippen LogP contribution in [0, 0.1) is 0 Å². The maximum Gasteiger partial charge on any atom is 0.337 e. The number of pyridine rings is 1. The minimum Gasteiger partial charge on any atom is -0.478 e. The van der Waals surface area contributed by atoms with Crippen molar-refractivity contribution >= 4 is 5.97 Å². The first kappa shape index (κ1) is 17.5. The van der Waals surface area contributed by atoms with Crippen molar-refractivity contribution in [2.24, 2.45) is 5.73 Å². The minimum atomic E-state index is -0.942. The summed E-state index contributed by atoms with van der Waals surface area (Å²) in [4.78, 5) is 13.8. The topological polar surface area (TPSA) is 96.4 Å². The van der Waals surface area contributed by atoms with Crippen LogP contribution in [-0.4, -0.2) is 32.8 Å². The van der Waals surface area contributed by atoms with E-state index in [1.54, 1.807) is 6.07 Å². The number of aromatic nitrogens is 1. The average molecular weight is 268 g/mol. The number of nitrogens with two attached hydrogens (primary N) is 1. The Morgan fingerprint density at radius 2 is 2.16 bits per heavy atom. The summed E-state index contributed by atoms with van der Waals surface area (Å²) in [6.07, 6.45) is 5.70. The molecule has 1 unspecified atom stereocenters. The van der Waals surface area contributed by atoms with Gasteiger partial charge >= 0.3 is 5.97 Å². The smallest absolute Gasteiger partial charge is 0.337 e. The highest BCUT2D eigenvalue weighted by Gasteiger charge is 2.11. The monoisotopic (exact) mass is 268 g/mol. The standard InChI is InChI=1S/C8H19NO.C6H5NO2/c1-7(9)5-4-6-8(2,3)10;8-6(9)5-2-1-3-7-4-5/h7,10H,4-6,9H2,1-3H3;1-4H,(H,8,9). The van der Waals surface area contributed by atoms with E-state index >= 15 is 0 Å². The first-order chi connectivity index (χ1) is 8.72. The molecule has 0 aliphatic heterocycles. The third-order valence-electron chi connectivity index (χ3n) is 2.36. The average Bonchev–Trinajstić information content (AvgIpc) is 2.28. The van der Waals surface area contributed by atoms with Crippen molar-refractivity contribution in [1.82, 2.24) is 4.98 Å². The molecule has 0 aliphatic carbocycles. The van der Waals surface area contributed by atoms with Gasteiger partial charge in [0, 0.05) is 18.4 Å². The maximum atomic E-state index is 10.2. The molecule has 5 heteroatoms. The summed E-state index contributed by atoms with van der Waals surface area (Å²) in [6.45, 7) is 5.65. The maximum absolute atomic E-state index is 10.2. The van der Waals surface area contributed by atoms with Crippen LogP contribution in [0.25, 0.3) is 0 Å². The van der Waals surface area contributed by atoms with Crippen LogP contribution >= 0.6 is 0 Å². The van der Waals surface area contributed by atoms with Crippen LogP contribution in [0.5, 0.6) is 0 Å². The third-order valence-corrected chi connectivity index (χ3v) is 2.36. The Morgan fingerprint density at radius 1 is 1.53 bits per heavy atom. The molecule has 0 radical (unpaired) electrons. The van der Waals surface area contributed by atoms with Crippen molar-refractivity contribution in [3.63, 3.8) is 0 Å². The number of carboxylic acid groups (broad SMARTS) is 1. The van der Waals surface area contributed by atoms with Gasteiger partial charge < -0.3 is 15.9 Å². The molecule has 19 heavy (non-hydrogen) atoms. The molecule has 0 spiro atoms. The van der Waals surface area contributed by atoms with Gasteiger partial charge in [-0.25, -0.2) is 4.79 Å². The van der Waals surface area contributed by atoms with Crippen LogP contribution < -0.4 is 5.73 Å². The predicted octanol–water partition coefficient (Wildman–Crippen LogP) is 2.05. The molecule has 1 rings (SSSR count). The van der Waals surface area contributed by atoms with Gasteiger partial charge in [0.05, 0.1) is 11.2 Å². The molecule has 1 atom stereocenters. The quantitative estimate of drug-likeness (QED) is 0.759. The van der Waals surface area contributed by atoms with Gasteiger partial charge in [-0.15, -0.1) is 0 Å². The van der Waals surface area contributed by atoms with Gasteiger partial charge in [-0.05, 0) is 52.2 Å². The molecule has 0 fully saturated rings. The Labute approximate surface area is 114 Å². The first-order valence-electron chi connectivity index (χ1n) is 6.33. The molecule has 0 bridgehead atoms. The van der Waals surface area contributed by atoms with E-state index in [2.05, 4.69) is 4.98 Å². The van der Waals surface area contributed by atoms with Gasteiger partial charge in [0.1, 0.15) is 0 Å². The molecule has 0 amide bonds. The summed E-state index contributed by atoms with van der Waals surface area (Å²) in [6, 6.07) is 3.35. The number of hydrogen-bond acceptors (Lipinski definition) is 4. The summed E-state index contributed by atoms with van der Waals surface area (Å²) < 4.78 is 0. The van der Waals surface area contributed by atoms with Gasteiger partial charge in [-0.1, -0.05) is 0 Å². The van der Waals surface area contributed by atoms with Crippen LogP contribution in [0.4, 0.5) is 0 Å². The van der Waals surface area contributed by atoms with E-state index in [-0.39, 0.29) is 11.6 Å². The fourth-order valence-corrected chi connectivity index (χ4v) is 1.35. The van der Waals surface area contributed by atoms with Gasteiger partial charge in [-0.3, -0.25) is 4.98 Å². The Balaban J connectivity index is 0.000000342. The number of aliphatic hydroxyl groups is 1.